The highest BCUT2D eigenvalue weighted by atomic mass is 32.1. The number of hydrogen-bond donors (Lipinski definition) is 2. The summed E-state index contributed by atoms with van der Waals surface area (Å²) in [6.07, 6.45) is 1.98. The lowest BCUT2D eigenvalue weighted by Crippen LogP contribution is -2.40. The zero-order valence-corrected chi connectivity index (χ0v) is 16.7. The van der Waals surface area contributed by atoms with Crippen molar-refractivity contribution in [2.45, 2.75) is 52.4 Å². The molecule has 0 saturated heterocycles. The van der Waals surface area contributed by atoms with Crippen molar-refractivity contribution in [3.63, 3.8) is 0 Å². The Labute approximate surface area is 164 Å². The second-order valence-electron chi connectivity index (χ2n) is 7.89. The van der Waals surface area contributed by atoms with Crippen LogP contribution in [-0.2, 0) is 11.3 Å². The smallest absolute Gasteiger partial charge is 0.348 e. The molecule has 0 unspecified atom stereocenters. The van der Waals surface area contributed by atoms with E-state index in [2.05, 4.69) is 29.3 Å². The van der Waals surface area contributed by atoms with Crippen LogP contribution in [0.5, 0.6) is 0 Å². The first-order chi connectivity index (χ1) is 12.8. The average molecular weight is 384 g/mol. The molecule has 0 aliphatic heterocycles. The van der Waals surface area contributed by atoms with Crippen LogP contribution < -0.4 is 5.32 Å². The van der Waals surface area contributed by atoms with E-state index in [0.717, 1.165) is 17.7 Å². The highest BCUT2D eigenvalue weighted by Crippen LogP contribution is 2.33. The lowest BCUT2D eigenvalue weighted by atomic mass is 9.89. The summed E-state index contributed by atoms with van der Waals surface area (Å²) >= 11 is 1.23. The Morgan fingerprint density at radius 3 is 2.63 bits per heavy atom. The van der Waals surface area contributed by atoms with Gasteiger partial charge in [0.25, 0.3) is 0 Å². The molecule has 3 rings (SSSR count). The molecular weight excluding hydrogens is 358 g/mol. The number of hydrogen-bond acceptors (Lipinski definition) is 4. The van der Waals surface area contributed by atoms with E-state index in [-0.39, 0.29) is 17.6 Å². The van der Waals surface area contributed by atoms with Gasteiger partial charge in [-0.05, 0) is 45.2 Å². The number of rotatable bonds is 6. The molecule has 1 aliphatic carbocycles. The van der Waals surface area contributed by atoms with E-state index in [4.69, 9.17) is 4.74 Å². The third kappa shape index (κ3) is 5.59. The lowest BCUT2D eigenvalue weighted by Gasteiger charge is -2.36. The zero-order chi connectivity index (χ0) is 19.4. The lowest BCUT2D eigenvalue weighted by molar-refractivity contribution is -0.0150. The number of aromatic carboxylic acids is 1. The van der Waals surface area contributed by atoms with Gasteiger partial charge in [-0.2, -0.15) is 0 Å². The van der Waals surface area contributed by atoms with E-state index in [9.17, 15) is 9.90 Å². The van der Waals surface area contributed by atoms with Crippen molar-refractivity contribution in [2.75, 3.05) is 5.32 Å². The van der Waals surface area contributed by atoms with Gasteiger partial charge < -0.3 is 15.2 Å². The number of carboxylic acids is 1. The Hall–Kier alpha value is -2.29. The first-order valence-corrected chi connectivity index (χ1v) is 9.94. The minimum absolute atomic E-state index is 0.113. The van der Waals surface area contributed by atoms with Crippen molar-refractivity contribution >= 4 is 23.0 Å². The van der Waals surface area contributed by atoms with Gasteiger partial charge in [-0.15, -0.1) is 11.3 Å². The molecule has 0 radical (unpaired) electrons. The molecule has 1 saturated carbocycles. The number of ether oxygens (including phenoxy) is 1. The summed E-state index contributed by atoms with van der Waals surface area (Å²) in [5.74, 6) is 5.34. The minimum atomic E-state index is -0.914. The fourth-order valence-corrected chi connectivity index (χ4v) is 3.61. The number of carbonyl (C=O) groups is 1. The summed E-state index contributed by atoms with van der Waals surface area (Å²) in [6, 6.07) is 12.2. The fraction of sp³-hybridized carbons (Fsp3) is 0.409. The predicted octanol–water partition coefficient (Wildman–Crippen LogP) is 5.00. The molecule has 142 valence electrons. The summed E-state index contributed by atoms with van der Waals surface area (Å²) in [4.78, 5) is 12.6. The van der Waals surface area contributed by atoms with Crippen molar-refractivity contribution in [1.29, 1.82) is 0 Å². The molecule has 1 heterocycles. The van der Waals surface area contributed by atoms with E-state index in [0.29, 0.717) is 17.2 Å². The molecule has 27 heavy (non-hydrogen) atoms. The first kappa shape index (κ1) is 19.5. The van der Waals surface area contributed by atoms with Gasteiger partial charge in [0.1, 0.15) is 4.88 Å². The highest BCUT2D eigenvalue weighted by molar-refractivity contribution is 7.15. The summed E-state index contributed by atoms with van der Waals surface area (Å²) in [5, 5.41) is 12.8. The van der Waals surface area contributed by atoms with Gasteiger partial charge in [-0.3, -0.25) is 0 Å². The Morgan fingerprint density at radius 1 is 1.30 bits per heavy atom. The molecule has 1 aromatic heterocycles. The summed E-state index contributed by atoms with van der Waals surface area (Å²) in [5.41, 5.74) is 1.72. The molecule has 1 aromatic carbocycles. The number of anilines is 1. The SMILES string of the molecule is CC(C)(C)C#Cc1cc(NC2CC(OCc3ccccc3)C2)c(C(=O)O)s1. The quantitative estimate of drug-likeness (QED) is 0.689. The molecule has 0 amide bonds. The maximum atomic E-state index is 11.5. The van der Waals surface area contributed by atoms with E-state index < -0.39 is 5.97 Å². The van der Waals surface area contributed by atoms with Crippen LogP contribution in [0.2, 0.25) is 0 Å². The van der Waals surface area contributed by atoms with Crippen molar-refractivity contribution < 1.29 is 14.6 Å². The topological polar surface area (TPSA) is 58.6 Å². The Kier molecular flexibility index (Phi) is 5.88. The van der Waals surface area contributed by atoms with Crippen LogP contribution in [0.1, 0.15) is 53.7 Å². The van der Waals surface area contributed by atoms with Crippen molar-refractivity contribution in [3.8, 4) is 11.8 Å². The second-order valence-corrected chi connectivity index (χ2v) is 8.94. The normalized spacial score (nSPS) is 18.9. The van der Waals surface area contributed by atoms with Crippen molar-refractivity contribution in [3.05, 3.63) is 51.7 Å². The average Bonchev–Trinajstić information content (AvgIpc) is 2.98. The first-order valence-electron chi connectivity index (χ1n) is 9.12. The number of benzene rings is 1. The monoisotopic (exact) mass is 383 g/mol. The molecule has 5 heteroatoms. The molecule has 2 aromatic rings. The Balaban J connectivity index is 1.55. The van der Waals surface area contributed by atoms with Gasteiger partial charge in [0.2, 0.25) is 0 Å². The van der Waals surface area contributed by atoms with Crippen LogP contribution >= 0.6 is 11.3 Å². The van der Waals surface area contributed by atoms with E-state index >= 15 is 0 Å². The Morgan fingerprint density at radius 2 is 2.00 bits per heavy atom. The van der Waals surface area contributed by atoms with Crippen LogP contribution in [0.15, 0.2) is 36.4 Å². The second kappa shape index (κ2) is 8.16. The Bertz CT molecular complexity index is 849. The van der Waals surface area contributed by atoms with Crippen LogP contribution in [0.4, 0.5) is 5.69 Å². The third-order valence-electron chi connectivity index (χ3n) is 4.27. The van der Waals surface area contributed by atoms with Crippen LogP contribution in [0.3, 0.4) is 0 Å². The fourth-order valence-electron chi connectivity index (χ4n) is 2.80. The molecule has 1 aliphatic rings. The summed E-state index contributed by atoms with van der Waals surface area (Å²) in [7, 11) is 0. The molecule has 0 atom stereocenters. The summed E-state index contributed by atoms with van der Waals surface area (Å²) in [6.45, 7) is 6.72. The van der Waals surface area contributed by atoms with Crippen molar-refractivity contribution in [2.24, 2.45) is 5.41 Å². The van der Waals surface area contributed by atoms with Crippen LogP contribution in [0, 0.1) is 17.3 Å². The number of nitrogens with one attached hydrogen (secondary N) is 1. The van der Waals surface area contributed by atoms with E-state index in [1.165, 1.54) is 16.9 Å². The van der Waals surface area contributed by atoms with Crippen molar-refractivity contribution in [1.82, 2.24) is 0 Å². The van der Waals surface area contributed by atoms with Gasteiger partial charge in [0.05, 0.1) is 23.3 Å². The standard InChI is InChI=1S/C22H25NO3S/c1-22(2,3)10-9-18-13-19(20(27-18)21(24)25)23-16-11-17(12-16)26-14-15-7-5-4-6-8-15/h4-8,13,16-17,23H,11-12,14H2,1-3H3,(H,24,25). The molecule has 0 bridgehead atoms. The maximum absolute atomic E-state index is 11.5. The molecule has 1 fully saturated rings. The van der Waals surface area contributed by atoms with Gasteiger partial charge in [-0.25, -0.2) is 4.79 Å². The molecule has 4 nitrogen and oxygen atoms in total. The summed E-state index contributed by atoms with van der Waals surface area (Å²) < 4.78 is 5.91. The van der Waals surface area contributed by atoms with Crippen LogP contribution in [-0.4, -0.2) is 23.2 Å². The minimum Gasteiger partial charge on any atom is -0.477 e. The third-order valence-corrected chi connectivity index (χ3v) is 5.31. The van der Waals surface area contributed by atoms with Gasteiger partial charge in [-0.1, -0.05) is 42.2 Å². The van der Waals surface area contributed by atoms with Gasteiger partial charge >= 0.3 is 5.97 Å². The van der Waals surface area contributed by atoms with E-state index in [1.807, 2.05) is 45.0 Å². The zero-order valence-electron chi connectivity index (χ0n) is 15.9. The van der Waals surface area contributed by atoms with E-state index in [1.54, 1.807) is 0 Å². The molecule has 2 N–H and O–H groups in total. The molecular formula is C22H25NO3S. The largest absolute Gasteiger partial charge is 0.477 e. The number of carboxylic acid groups (broad SMARTS) is 1. The molecule has 0 spiro atoms. The van der Waals surface area contributed by atoms with Crippen LogP contribution in [0.25, 0.3) is 0 Å². The maximum Gasteiger partial charge on any atom is 0.348 e. The predicted molar refractivity (Wildman–Crippen MR) is 109 cm³/mol. The van der Waals surface area contributed by atoms with Gasteiger partial charge in [0, 0.05) is 11.5 Å². The highest BCUT2D eigenvalue weighted by Gasteiger charge is 2.31. The van der Waals surface area contributed by atoms with Gasteiger partial charge in [0.15, 0.2) is 0 Å². The number of thiophene rings is 1.